The molecule has 1 aromatic rings. The predicted molar refractivity (Wildman–Crippen MR) is 55.0 cm³/mol. The Morgan fingerprint density at radius 2 is 2.27 bits per heavy atom. The number of aldehydes is 1. The fourth-order valence-corrected chi connectivity index (χ4v) is 1.35. The molecule has 0 spiro atoms. The monoisotopic (exact) mass is 210 g/mol. The van der Waals surface area contributed by atoms with Gasteiger partial charge in [-0.15, -0.1) is 0 Å². The van der Waals surface area contributed by atoms with Crippen LogP contribution in [0.3, 0.4) is 0 Å². The SMILES string of the molecule is COc1ccc(C=O)c(C(O)CCO)c1. The maximum absolute atomic E-state index is 10.7. The third-order valence-corrected chi connectivity index (χ3v) is 2.18. The smallest absolute Gasteiger partial charge is 0.150 e. The molecule has 0 aliphatic rings. The van der Waals surface area contributed by atoms with E-state index in [1.807, 2.05) is 0 Å². The second-order valence-electron chi connectivity index (χ2n) is 3.14. The Morgan fingerprint density at radius 3 is 2.80 bits per heavy atom. The fourth-order valence-electron chi connectivity index (χ4n) is 1.35. The van der Waals surface area contributed by atoms with Crippen LogP contribution < -0.4 is 4.74 Å². The first-order chi connectivity index (χ1) is 7.22. The molecule has 4 heteroatoms. The summed E-state index contributed by atoms with van der Waals surface area (Å²) in [4.78, 5) is 10.7. The van der Waals surface area contributed by atoms with Gasteiger partial charge in [0, 0.05) is 18.6 Å². The largest absolute Gasteiger partial charge is 0.497 e. The number of hydrogen-bond acceptors (Lipinski definition) is 4. The fraction of sp³-hybridized carbons (Fsp3) is 0.364. The van der Waals surface area contributed by atoms with Gasteiger partial charge in [0.25, 0.3) is 0 Å². The van der Waals surface area contributed by atoms with Crippen molar-refractivity contribution in [2.75, 3.05) is 13.7 Å². The van der Waals surface area contributed by atoms with Crippen molar-refractivity contribution in [2.45, 2.75) is 12.5 Å². The molecular weight excluding hydrogens is 196 g/mol. The van der Waals surface area contributed by atoms with Crippen LogP contribution in [-0.4, -0.2) is 30.2 Å². The quantitative estimate of drug-likeness (QED) is 0.709. The number of carbonyl (C=O) groups is 1. The van der Waals surface area contributed by atoms with Crippen LogP contribution in [0.4, 0.5) is 0 Å². The van der Waals surface area contributed by atoms with Gasteiger partial charge in [-0.05, 0) is 23.8 Å². The number of hydrogen-bond donors (Lipinski definition) is 2. The lowest BCUT2D eigenvalue weighted by Crippen LogP contribution is -2.04. The average molecular weight is 210 g/mol. The molecule has 0 saturated carbocycles. The van der Waals surface area contributed by atoms with Crippen molar-refractivity contribution >= 4 is 6.29 Å². The van der Waals surface area contributed by atoms with Gasteiger partial charge in [-0.3, -0.25) is 4.79 Å². The van der Waals surface area contributed by atoms with Crippen LogP contribution in [0.1, 0.15) is 28.4 Å². The number of aliphatic hydroxyl groups is 2. The number of benzene rings is 1. The van der Waals surface area contributed by atoms with E-state index >= 15 is 0 Å². The molecule has 1 atom stereocenters. The third kappa shape index (κ3) is 2.78. The Balaban J connectivity index is 3.05. The molecule has 2 N–H and O–H groups in total. The zero-order valence-electron chi connectivity index (χ0n) is 8.51. The van der Waals surface area contributed by atoms with Crippen LogP contribution in [0, 0.1) is 0 Å². The van der Waals surface area contributed by atoms with E-state index in [1.165, 1.54) is 7.11 Å². The second kappa shape index (κ2) is 5.48. The van der Waals surface area contributed by atoms with Crippen molar-refractivity contribution in [2.24, 2.45) is 0 Å². The molecule has 0 saturated heterocycles. The summed E-state index contributed by atoms with van der Waals surface area (Å²) < 4.78 is 4.99. The molecule has 1 unspecified atom stereocenters. The van der Waals surface area contributed by atoms with Crippen LogP contribution in [-0.2, 0) is 0 Å². The van der Waals surface area contributed by atoms with Crippen molar-refractivity contribution in [3.63, 3.8) is 0 Å². The minimum atomic E-state index is -0.842. The Bertz CT molecular complexity index is 335. The molecule has 0 radical (unpaired) electrons. The molecule has 15 heavy (non-hydrogen) atoms. The molecule has 0 amide bonds. The van der Waals surface area contributed by atoms with Crippen LogP contribution in [0.5, 0.6) is 5.75 Å². The van der Waals surface area contributed by atoms with E-state index in [4.69, 9.17) is 9.84 Å². The standard InChI is InChI=1S/C11H14O4/c1-15-9-3-2-8(7-13)10(6-9)11(14)4-5-12/h2-3,6-7,11-12,14H,4-5H2,1H3. The number of ether oxygens (including phenoxy) is 1. The Morgan fingerprint density at radius 1 is 1.53 bits per heavy atom. The van der Waals surface area contributed by atoms with E-state index in [0.717, 1.165) is 0 Å². The molecule has 0 aromatic heterocycles. The summed E-state index contributed by atoms with van der Waals surface area (Å²) in [5.41, 5.74) is 0.898. The molecular formula is C11H14O4. The van der Waals surface area contributed by atoms with Gasteiger partial charge in [0.1, 0.15) is 12.0 Å². The van der Waals surface area contributed by atoms with E-state index in [9.17, 15) is 9.90 Å². The van der Waals surface area contributed by atoms with E-state index in [-0.39, 0.29) is 13.0 Å². The zero-order chi connectivity index (χ0) is 11.3. The van der Waals surface area contributed by atoms with E-state index in [0.29, 0.717) is 23.2 Å². The Labute approximate surface area is 88.1 Å². The van der Waals surface area contributed by atoms with Gasteiger partial charge in [0.2, 0.25) is 0 Å². The van der Waals surface area contributed by atoms with E-state index < -0.39 is 6.10 Å². The van der Waals surface area contributed by atoms with Gasteiger partial charge in [-0.2, -0.15) is 0 Å². The highest BCUT2D eigenvalue weighted by molar-refractivity contribution is 5.78. The van der Waals surface area contributed by atoms with Crippen molar-refractivity contribution in [1.82, 2.24) is 0 Å². The minimum absolute atomic E-state index is 0.128. The van der Waals surface area contributed by atoms with Gasteiger partial charge in [0.05, 0.1) is 13.2 Å². The molecule has 0 aliphatic carbocycles. The van der Waals surface area contributed by atoms with Crippen LogP contribution >= 0.6 is 0 Å². The van der Waals surface area contributed by atoms with Crippen LogP contribution in [0.25, 0.3) is 0 Å². The number of methoxy groups -OCH3 is 1. The number of carbonyl (C=O) groups excluding carboxylic acids is 1. The third-order valence-electron chi connectivity index (χ3n) is 2.18. The van der Waals surface area contributed by atoms with Crippen molar-refractivity contribution in [3.8, 4) is 5.75 Å². The number of rotatable bonds is 5. The van der Waals surface area contributed by atoms with Crippen molar-refractivity contribution < 1.29 is 19.7 Å². The lowest BCUT2D eigenvalue weighted by atomic mass is 10.0. The predicted octanol–water partition coefficient (Wildman–Crippen LogP) is 0.923. The number of aliphatic hydroxyl groups excluding tert-OH is 2. The Hall–Kier alpha value is -1.39. The minimum Gasteiger partial charge on any atom is -0.497 e. The summed E-state index contributed by atoms with van der Waals surface area (Å²) in [5, 5.41) is 18.4. The molecule has 4 nitrogen and oxygen atoms in total. The first kappa shape index (κ1) is 11.7. The van der Waals surface area contributed by atoms with E-state index in [2.05, 4.69) is 0 Å². The van der Waals surface area contributed by atoms with Crippen LogP contribution in [0.15, 0.2) is 18.2 Å². The summed E-state index contributed by atoms with van der Waals surface area (Å²) in [6.45, 7) is -0.128. The first-order valence-corrected chi connectivity index (χ1v) is 4.65. The first-order valence-electron chi connectivity index (χ1n) is 4.65. The lowest BCUT2D eigenvalue weighted by Gasteiger charge is -2.12. The summed E-state index contributed by atoms with van der Waals surface area (Å²) in [6, 6.07) is 4.84. The molecule has 1 aromatic carbocycles. The topological polar surface area (TPSA) is 66.8 Å². The molecule has 82 valence electrons. The maximum Gasteiger partial charge on any atom is 0.150 e. The van der Waals surface area contributed by atoms with Crippen molar-refractivity contribution in [3.05, 3.63) is 29.3 Å². The van der Waals surface area contributed by atoms with Crippen LogP contribution in [0.2, 0.25) is 0 Å². The molecule has 0 aliphatic heterocycles. The highest BCUT2D eigenvalue weighted by Gasteiger charge is 2.12. The molecule has 0 heterocycles. The highest BCUT2D eigenvalue weighted by Crippen LogP contribution is 2.24. The van der Waals surface area contributed by atoms with Gasteiger partial charge in [-0.25, -0.2) is 0 Å². The van der Waals surface area contributed by atoms with Gasteiger partial charge < -0.3 is 14.9 Å². The van der Waals surface area contributed by atoms with Crippen molar-refractivity contribution in [1.29, 1.82) is 0 Å². The normalized spacial score (nSPS) is 12.2. The summed E-state index contributed by atoms with van der Waals surface area (Å²) >= 11 is 0. The molecule has 0 fully saturated rings. The summed E-state index contributed by atoms with van der Waals surface area (Å²) in [5.74, 6) is 0.576. The highest BCUT2D eigenvalue weighted by atomic mass is 16.5. The zero-order valence-corrected chi connectivity index (χ0v) is 8.51. The summed E-state index contributed by atoms with van der Waals surface area (Å²) in [6.07, 6.45) is 0.0360. The Kier molecular flexibility index (Phi) is 4.27. The van der Waals surface area contributed by atoms with Gasteiger partial charge in [0.15, 0.2) is 0 Å². The molecule has 0 bridgehead atoms. The maximum atomic E-state index is 10.7. The lowest BCUT2D eigenvalue weighted by molar-refractivity contribution is 0.110. The van der Waals surface area contributed by atoms with E-state index in [1.54, 1.807) is 18.2 Å². The average Bonchev–Trinajstić information content (AvgIpc) is 2.28. The summed E-state index contributed by atoms with van der Waals surface area (Å²) in [7, 11) is 1.51. The van der Waals surface area contributed by atoms with Gasteiger partial charge in [-0.1, -0.05) is 0 Å². The van der Waals surface area contributed by atoms with Gasteiger partial charge >= 0.3 is 0 Å². The second-order valence-corrected chi connectivity index (χ2v) is 3.14. The molecule has 1 rings (SSSR count).